The molecule has 0 unspecified atom stereocenters. The van der Waals surface area contributed by atoms with Crippen LogP contribution in [0.15, 0.2) is 16.5 Å². The van der Waals surface area contributed by atoms with Crippen LogP contribution in [0, 0.1) is 0 Å². The molecule has 0 aliphatic heterocycles. The molecule has 1 N–H and O–H groups in total. The number of nitrogens with one attached hydrogen (secondary N) is 1. The van der Waals surface area contributed by atoms with Crippen LogP contribution in [0.3, 0.4) is 0 Å². The Balaban J connectivity index is 1.65. The molecule has 1 aliphatic carbocycles. The molecule has 20 heavy (non-hydrogen) atoms. The molecular formula is C15H22N4O. The fraction of sp³-hybridized carbons (Fsp3) is 0.600. The van der Waals surface area contributed by atoms with Gasteiger partial charge in [0.05, 0.1) is 6.54 Å². The van der Waals surface area contributed by atoms with Gasteiger partial charge in [0, 0.05) is 18.9 Å². The minimum absolute atomic E-state index is 0.666. The maximum atomic E-state index is 5.86. The molecule has 1 aliphatic rings. The average molecular weight is 274 g/mol. The minimum atomic E-state index is 0.666. The van der Waals surface area contributed by atoms with Crippen molar-refractivity contribution >= 4 is 0 Å². The highest BCUT2D eigenvalue weighted by Gasteiger charge is 2.20. The second kappa shape index (κ2) is 5.79. The monoisotopic (exact) mass is 274 g/mol. The molecule has 108 valence electrons. The highest BCUT2D eigenvalue weighted by molar-refractivity contribution is 5.08. The summed E-state index contributed by atoms with van der Waals surface area (Å²) in [6, 6.07) is 4.79. The summed E-state index contributed by atoms with van der Waals surface area (Å²) in [6.07, 6.45) is 4.36. The van der Waals surface area contributed by atoms with Crippen molar-refractivity contribution in [1.82, 2.24) is 20.1 Å². The van der Waals surface area contributed by atoms with Gasteiger partial charge in [0.15, 0.2) is 5.82 Å². The third kappa shape index (κ3) is 3.10. The van der Waals surface area contributed by atoms with E-state index >= 15 is 0 Å². The predicted molar refractivity (Wildman–Crippen MR) is 76.4 cm³/mol. The number of furan rings is 1. The third-order valence-electron chi connectivity index (χ3n) is 3.59. The van der Waals surface area contributed by atoms with E-state index in [2.05, 4.69) is 29.2 Å². The molecule has 5 nitrogen and oxygen atoms in total. The SMILES string of the molecule is CCc1nc(CC)n(Cc2ccc(CNC3CC3)o2)n1. The maximum Gasteiger partial charge on any atom is 0.150 e. The molecule has 2 aromatic rings. The fourth-order valence-electron chi connectivity index (χ4n) is 2.25. The zero-order valence-corrected chi connectivity index (χ0v) is 12.2. The van der Waals surface area contributed by atoms with Crippen molar-refractivity contribution in [3.05, 3.63) is 35.3 Å². The summed E-state index contributed by atoms with van der Waals surface area (Å²) in [5, 5.41) is 7.98. The maximum absolute atomic E-state index is 5.86. The number of nitrogens with zero attached hydrogens (tertiary/aromatic N) is 3. The Hall–Kier alpha value is -1.62. The molecule has 3 rings (SSSR count). The summed E-state index contributed by atoms with van der Waals surface area (Å²) in [7, 11) is 0. The van der Waals surface area contributed by atoms with Crippen LogP contribution < -0.4 is 5.32 Å². The molecule has 2 aromatic heterocycles. The molecule has 0 radical (unpaired) electrons. The first-order chi connectivity index (χ1) is 9.78. The Morgan fingerprint density at radius 1 is 1.25 bits per heavy atom. The Bertz CT molecular complexity index is 568. The van der Waals surface area contributed by atoms with Crippen molar-refractivity contribution in [3.63, 3.8) is 0 Å². The van der Waals surface area contributed by atoms with Gasteiger partial charge in [0.2, 0.25) is 0 Å². The van der Waals surface area contributed by atoms with E-state index in [4.69, 9.17) is 4.42 Å². The van der Waals surface area contributed by atoms with E-state index in [1.165, 1.54) is 12.8 Å². The average Bonchev–Trinajstić information content (AvgIpc) is 3.05. The summed E-state index contributed by atoms with van der Waals surface area (Å²) < 4.78 is 7.81. The van der Waals surface area contributed by atoms with Gasteiger partial charge >= 0.3 is 0 Å². The minimum Gasteiger partial charge on any atom is -0.463 e. The molecule has 2 heterocycles. The molecule has 0 spiro atoms. The number of aromatic nitrogens is 3. The van der Waals surface area contributed by atoms with Crippen LogP contribution >= 0.6 is 0 Å². The first-order valence-electron chi connectivity index (χ1n) is 7.52. The summed E-state index contributed by atoms with van der Waals surface area (Å²) in [4.78, 5) is 4.52. The smallest absolute Gasteiger partial charge is 0.150 e. The van der Waals surface area contributed by atoms with Gasteiger partial charge in [-0.25, -0.2) is 9.67 Å². The van der Waals surface area contributed by atoms with E-state index in [1.54, 1.807) is 0 Å². The standard InChI is InChI=1S/C15H22N4O/c1-3-14-17-15(4-2)19(18-14)10-13-8-7-12(20-13)9-16-11-5-6-11/h7-8,11,16H,3-6,9-10H2,1-2H3. The number of hydrogen-bond donors (Lipinski definition) is 1. The van der Waals surface area contributed by atoms with E-state index in [0.717, 1.165) is 42.6 Å². The molecule has 1 saturated carbocycles. The van der Waals surface area contributed by atoms with Crippen LogP contribution in [0.25, 0.3) is 0 Å². The van der Waals surface area contributed by atoms with Gasteiger partial charge in [-0.05, 0) is 25.0 Å². The largest absolute Gasteiger partial charge is 0.463 e. The Labute approximate surface area is 119 Å². The summed E-state index contributed by atoms with van der Waals surface area (Å²) in [5.74, 6) is 3.88. The highest BCUT2D eigenvalue weighted by Crippen LogP contribution is 2.20. The van der Waals surface area contributed by atoms with Crippen LogP contribution in [-0.4, -0.2) is 20.8 Å². The number of rotatable bonds is 7. The summed E-state index contributed by atoms with van der Waals surface area (Å²) in [5.41, 5.74) is 0. The number of hydrogen-bond acceptors (Lipinski definition) is 4. The van der Waals surface area contributed by atoms with Gasteiger partial charge in [-0.1, -0.05) is 13.8 Å². The quantitative estimate of drug-likeness (QED) is 0.841. The predicted octanol–water partition coefficient (Wildman–Crippen LogP) is 2.30. The lowest BCUT2D eigenvalue weighted by molar-refractivity contribution is 0.426. The molecule has 1 fully saturated rings. The van der Waals surface area contributed by atoms with E-state index in [9.17, 15) is 0 Å². The lowest BCUT2D eigenvalue weighted by atomic mass is 10.4. The first-order valence-corrected chi connectivity index (χ1v) is 7.52. The van der Waals surface area contributed by atoms with Gasteiger partial charge in [-0.2, -0.15) is 5.10 Å². The van der Waals surface area contributed by atoms with Crippen LogP contribution in [0.1, 0.15) is 49.9 Å². The molecular weight excluding hydrogens is 252 g/mol. The summed E-state index contributed by atoms with van der Waals surface area (Å²) >= 11 is 0. The van der Waals surface area contributed by atoms with Crippen molar-refractivity contribution in [2.75, 3.05) is 0 Å². The Morgan fingerprint density at radius 3 is 2.75 bits per heavy atom. The second-order valence-electron chi connectivity index (χ2n) is 5.33. The molecule has 0 amide bonds. The topological polar surface area (TPSA) is 55.9 Å². The van der Waals surface area contributed by atoms with Crippen LogP contribution in [0.4, 0.5) is 0 Å². The molecule has 0 atom stereocenters. The normalized spacial score (nSPS) is 14.9. The van der Waals surface area contributed by atoms with Gasteiger partial charge in [-0.3, -0.25) is 0 Å². The highest BCUT2D eigenvalue weighted by atomic mass is 16.3. The molecule has 0 bridgehead atoms. The van der Waals surface area contributed by atoms with Gasteiger partial charge in [0.1, 0.15) is 23.9 Å². The van der Waals surface area contributed by atoms with E-state index in [-0.39, 0.29) is 0 Å². The van der Waals surface area contributed by atoms with Crippen molar-refractivity contribution in [3.8, 4) is 0 Å². The van der Waals surface area contributed by atoms with Crippen LogP contribution in [0.5, 0.6) is 0 Å². The fourth-order valence-corrected chi connectivity index (χ4v) is 2.25. The third-order valence-corrected chi connectivity index (χ3v) is 3.59. The second-order valence-corrected chi connectivity index (χ2v) is 5.33. The van der Waals surface area contributed by atoms with E-state index in [0.29, 0.717) is 12.6 Å². The van der Waals surface area contributed by atoms with Crippen LogP contribution in [-0.2, 0) is 25.9 Å². The van der Waals surface area contributed by atoms with E-state index < -0.39 is 0 Å². The van der Waals surface area contributed by atoms with Crippen molar-refractivity contribution in [2.45, 2.75) is 58.7 Å². The lowest BCUT2D eigenvalue weighted by Crippen LogP contribution is -2.14. The van der Waals surface area contributed by atoms with Gasteiger partial charge in [-0.15, -0.1) is 0 Å². The van der Waals surface area contributed by atoms with Crippen molar-refractivity contribution < 1.29 is 4.42 Å². The Morgan fingerprint density at radius 2 is 2.05 bits per heavy atom. The molecule has 0 aromatic carbocycles. The van der Waals surface area contributed by atoms with E-state index in [1.807, 2.05) is 16.8 Å². The van der Waals surface area contributed by atoms with Crippen LogP contribution in [0.2, 0.25) is 0 Å². The van der Waals surface area contributed by atoms with Crippen molar-refractivity contribution in [1.29, 1.82) is 0 Å². The molecule has 0 saturated heterocycles. The summed E-state index contributed by atoms with van der Waals surface area (Å²) in [6.45, 7) is 5.67. The molecule has 5 heteroatoms. The zero-order chi connectivity index (χ0) is 13.9. The van der Waals surface area contributed by atoms with Gasteiger partial charge < -0.3 is 9.73 Å². The van der Waals surface area contributed by atoms with Crippen molar-refractivity contribution in [2.24, 2.45) is 0 Å². The Kier molecular flexibility index (Phi) is 3.87. The lowest BCUT2D eigenvalue weighted by Gasteiger charge is -2.02. The van der Waals surface area contributed by atoms with Gasteiger partial charge in [0.25, 0.3) is 0 Å². The number of aryl methyl sites for hydroxylation is 2. The zero-order valence-electron chi connectivity index (χ0n) is 12.2. The first kappa shape index (κ1) is 13.4.